The largest absolute Gasteiger partial charge is 0.380 e. The van der Waals surface area contributed by atoms with Crippen molar-refractivity contribution >= 4 is 27.4 Å². The molecule has 0 aliphatic carbocycles. The average Bonchev–Trinajstić information content (AvgIpc) is 2.61. The highest BCUT2D eigenvalue weighted by Gasteiger charge is 2.27. The Balaban J connectivity index is 2.75. The SMILES string of the molecule is Nc1noc(-c2c(F)ccc([N+](=O)[O-])c2F)c1Br. The predicted octanol–water partition coefficient (Wildman–Crippen LogP) is 2.87. The van der Waals surface area contributed by atoms with Crippen LogP contribution in [0.2, 0.25) is 0 Å². The molecule has 9 heteroatoms. The van der Waals surface area contributed by atoms with Gasteiger partial charge in [-0.15, -0.1) is 0 Å². The molecule has 2 N–H and O–H groups in total. The lowest BCUT2D eigenvalue weighted by atomic mass is 10.1. The van der Waals surface area contributed by atoms with E-state index in [2.05, 4.69) is 25.6 Å². The molecule has 0 fully saturated rings. The first kappa shape index (κ1) is 12.4. The summed E-state index contributed by atoms with van der Waals surface area (Å²) in [5.74, 6) is -2.83. The highest BCUT2D eigenvalue weighted by molar-refractivity contribution is 9.10. The second-order valence-electron chi connectivity index (χ2n) is 3.22. The molecular weight excluding hydrogens is 316 g/mol. The van der Waals surface area contributed by atoms with E-state index in [-0.39, 0.29) is 16.1 Å². The first-order valence-electron chi connectivity index (χ1n) is 4.47. The molecule has 2 rings (SSSR count). The minimum absolute atomic E-state index is 0.0285. The summed E-state index contributed by atoms with van der Waals surface area (Å²) < 4.78 is 32.1. The summed E-state index contributed by atoms with van der Waals surface area (Å²) >= 11 is 2.93. The van der Waals surface area contributed by atoms with Crippen LogP contribution in [0.25, 0.3) is 11.3 Å². The normalized spacial score (nSPS) is 10.6. The Labute approximate surface area is 107 Å². The van der Waals surface area contributed by atoms with Gasteiger partial charge in [-0.25, -0.2) is 4.39 Å². The van der Waals surface area contributed by atoms with Crippen molar-refractivity contribution in [2.45, 2.75) is 0 Å². The Kier molecular flexibility index (Phi) is 2.99. The van der Waals surface area contributed by atoms with E-state index in [4.69, 9.17) is 5.73 Å². The van der Waals surface area contributed by atoms with Crippen molar-refractivity contribution in [2.75, 3.05) is 5.73 Å². The first-order valence-corrected chi connectivity index (χ1v) is 5.26. The number of anilines is 1. The molecule has 0 saturated carbocycles. The van der Waals surface area contributed by atoms with Gasteiger partial charge >= 0.3 is 5.69 Å². The van der Waals surface area contributed by atoms with Gasteiger partial charge in [0.1, 0.15) is 10.3 Å². The fourth-order valence-electron chi connectivity index (χ4n) is 1.34. The van der Waals surface area contributed by atoms with Gasteiger partial charge in [0.05, 0.1) is 10.5 Å². The Hall–Kier alpha value is -2.03. The summed E-state index contributed by atoms with van der Waals surface area (Å²) in [5, 5.41) is 13.9. The van der Waals surface area contributed by atoms with Crippen LogP contribution in [0.1, 0.15) is 0 Å². The van der Waals surface area contributed by atoms with Gasteiger partial charge in [0.2, 0.25) is 5.82 Å². The van der Waals surface area contributed by atoms with Gasteiger partial charge < -0.3 is 10.3 Å². The van der Waals surface area contributed by atoms with Gasteiger partial charge in [-0.1, -0.05) is 5.16 Å². The number of nitrogen functional groups attached to an aromatic ring is 1. The Morgan fingerprint density at radius 1 is 1.44 bits per heavy atom. The molecule has 6 nitrogen and oxygen atoms in total. The number of rotatable bonds is 2. The van der Waals surface area contributed by atoms with Gasteiger partial charge in [-0.2, -0.15) is 4.39 Å². The van der Waals surface area contributed by atoms with Gasteiger partial charge in [0.25, 0.3) is 0 Å². The third kappa shape index (κ3) is 1.82. The summed E-state index contributed by atoms with van der Waals surface area (Å²) in [6, 6.07) is 1.49. The molecule has 18 heavy (non-hydrogen) atoms. The maximum Gasteiger partial charge on any atom is 0.305 e. The van der Waals surface area contributed by atoms with Crippen LogP contribution in [0.3, 0.4) is 0 Å². The minimum atomic E-state index is -1.35. The van der Waals surface area contributed by atoms with Crippen molar-refractivity contribution < 1.29 is 18.2 Å². The maximum atomic E-state index is 13.8. The summed E-state index contributed by atoms with van der Waals surface area (Å²) in [6.07, 6.45) is 0. The molecule has 0 atom stereocenters. The lowest BCUT2D eigenvalue weighted by Gasteiger charge is -2.02. The van der Waals surface area contributed by atoms with Crippen molar-refractivity contribution in [1.29, 1.82) is 0 Å². The molecule has 0 spiro atoms. The van der Waals surface area contributed by atoms with Crippen molar-refractivity contribution in [1.82, 2.24) is 5.16 Å². The van der Waals surface area contributed by atoms with Crippen LogP contribution in [-0.2, 0) is 0 Å². The Morgan fingerprint density at radius 3 is 2.61 bits per heavy atom. The fraction of sp³-hybridized carbons (Fsp3) is 0. The van der Waals surface area contributed by atoms with E-state index in [1.54, 1.807) is 0 Å². The molecule has 0 aliphatic rings. The van der Waals surface area contributed by atoms with E-state index in [0.29, 0.717) is 0 Å². The van der Waals surface area contributed by atoms with Crippen LogP contribution in [0.4, 0.5) is 20.3 Å². The number of nitro groups is 1. The van der Waals surface area contributed by atoms with E-state index in [0.717, 1.165) is 12.1 Å². The van der Waals surface area contributed by atoms with Gasteiger partial charge in [-0.3, -0.25) is 10.1 Å². The molecule has 0 radical (unpaired) electrons. The van der Waals surface area contributed by atoms with E-state index >= 15 is 0 Å². The van der Waals surface area contributed by atoms with Crippen LogP contribution < -0.4 is 5.73 Å². The standard InChI is InChI=1S/C9H4BrF2N3O3/c10-6-8(18-14-9(6)13)5-3(11)1-2-4(7(5)12)15(16)17/h1-2H,(H2,13,14). The lowest BCUT2D eigenvalue weighted by molar-refractivity contribution is -0.387. The zero-order valence-corrected chi connectivity index (χ0v) is 10.1. The molecule has 1 aromatic heterocycles. The van der Waals surface area contributed by atoms with E-state index in [1.807, 2.05) is 0 Å². The second-order valence-corrected chi connectivity index (χ2v) is 4.02. The van der Waals surface area contributed by atoms with Gasteiger partial charge in [0.15, 0.2) is 11.6 Å². The average molecular weight is 320 g/mol. The number of hydrogen-bond acceptors (Lipinski definition) is 5. The number of aromatic nitrogens is 1. The van der Waals surface area contributed by atoms with Crippen LogP contribution >= 0.6 is 15.9 Å². The Bertz CT molecular complexity index is 644. The van der Waals surface area contributed by atoms with Crippen LogP contribution in [0.15, 0.2) is 21.1 Å². The number of nitro benzene ring substituents is 1. The zero-order valence-electron chi connectivity index (χ0n) is 8.49. The minimum Gasteiger partial charge on any atom is -0.380 e. The summed E-state index contributed by atoms with van der Waals surface area (Å²) in [7, 11) is 0. The quantitative estimate of drug-likeness (QED) is 0.678. The number of nitrogens with two attached hydrogens (primary N) is 1. The fourth-order valence-corrected chi connectivity index (χ4v) is 1.68. The number of nitrogens with zero attached hydrogens (tertiary/aromatic N) is 2. The van der Waals surface area contributed by atoms with E-state index in [9.17, 15) is 18.9 Å². The summed E-state index contributed by atoms with van der Waals surface area (Å²) in [6.45, 7) is 0. The second kappa shape index (κ2) is 4.33. The van der Waals surface area contributed by atoms with Crippen molar-refractivity contribution in [2.24, 2.45) is 0 Å². The van der Waals surface area contributed by atoms with Gasteiger partial charge in [-0.05, 0) is 22.0 Å². The summed E-state index contributed by atoms with van der Waals surface area (Å²) in [4.78, 5) is 9.60. The summed E-state index contributed by atoms with van der Waals surface area (Å²) in [5.41, 5.74) is 3.78. The molecule has 0 bridgehead atoms. The zero-order chi connectivity index (χ0) is 13.4. The van der Waals surface area contributed by atoms with E-state index in [1.165, 1.54) is 0 Å². The molecular formula is C9H4BrF2N3O3. The monoisotopic (exact) mass is 319 g/mol. The predicted molar refractivity (Wildman–Crippen MR) is 60.6 cm³/mol. The molecule has 1 aromatic carbocycles. The molecule has 1 heterocycles. The third-order valence-electron chi connectivity index (χ3n) is 2.15. The molecule has 2 aromatic rings. The van der Waals surface area contributed by atoms with E-state index < -0.39 is 27.8 Å². The number of benzene rings is 1. The molecule has 0 saturated heterocycles. The van der Waals surface area contributed by atoms with Crippen molar-refractivity contribution in [3.63, 3.8) is 0 Å². The molecule has 0 amide bonds. The third-order valence-corrected chi connectivity index (χ3v) is 2.92. The number of halogens is 3. The lowest BCUT2D eigenvalue weighted by Crippen LogP contribution is -1.97. The maximum absolute atomic E-state index is 13.8. The highest BCUT2D eigenvalue weighted by Crippen LogP contribution is 2.38. The first-order chi connectivity index (χ1) is 8.43. The highest BCUT2D eigenvalue weighted by atomic mass is 79.9. The molecule has 0 aliphatic heterocycles. The molecule has 0 unspecified atom stereocenters. The van der Waals surface area contributed by atoms with Crippen molar-refractivity contribution in [3.05, 3.63) is 38.4 Å². The van der Waals surface area contributed by atoms with Crippen LogP contribution in [0, 0.1) is 21.7 Å². The smallest absolute Gasteiger partial charge is 0.305 e. The topological polar surface area (TPSA) is 95.2 Å². The van der Waals surface area contributed by atoms with Crippen molar-refractivity contribution in [3.8, 4) is 11.3 Å². The van der Waals surface area contributed by atoms with Gasteiger partial charge in [0, 0.05) is 6.07 Å². The molecule has 94 valence electrons. The van der Waals surface area contributed by atoms with Crippen LogP contribution in [-0.4, -0.2) is 10.1 Å². The van der Waals surface area contributed by atoms with Crippen LogP contribution in [0.5, 0.6) is 0 Å². The Morgan fingerprint density at radius 2 is 2.11 bits per heavy atom. The number of hydrogen-bond donors (Lipinski definition) is 1.